The number of nitrogens with zero attached hydrogens (tertiary/aromatic N) is 5. The van der Waals surface area contributed by atoms with Crippen LogP contribution in [0, 0.1) is 24.3 Å². The SMILES string of the molecule is C=C(C)C(=O)OCCOC(=O)C=C(C)O.C=C(C)C(=O)OCCOC(=O)C=C(C)O.C=Cc1ccc(Oc2ccc(C(=O)O)nc2)cc1.[Ir].[Pt].[Pt].[c-]1ccccc1-c1ccccn1.[c-]1ccccc1-c1ccccn1.[c-]1ccsc1-c1ccccn1.[c-]1ccsc1-c1ccccn1. The van der Waals surface area contributed by atoms with Crippen LogP contribution in [0.1, 0.15) is 43.7 Å². The summed E-state index contributed by atoms with van der Waals surface area (Å²) in [5.74, 6) is -2.60. The number of thiophene rings is 2. The van der Waals surface area contributed by atoms with Crippen molar-refractivity contribution in [3.8, 4) is 55.2 Å². The monoisotopic (exact) mass is 1880 g/mol. The number of aliphatic hydroxyl groups is 2. The van der Waals surface area contributed by atoms with E-state index in [1.54, 1.807) is 59.6 Å². The van der Waals surface area contributed by atoms with Gasteiger partial charge in [0, 0.05) is 98.2 Å². The molecule has 511 valence electrons. The predicted molar refractivity (Wildman–Crippen MR) is 364 cm³/mol. The molecule has 0 spiro atoms. The molecule has 10 rings (SSSR count). The van der Waals surface area contributed by atoms with Gasteiger partial charge < -0.3 is 58.9 Å². The molecule has 3 N–H and O–H groups in total. The number of carbonyl (C=O) groups excluding carboxylic acids is 4. The number of esters is 4. The Labute approximate surface area is 614 Å². The van der Waals surface area contributed by atoms with Crippen LogP contribution >= 0.6 is 22.7 Å². The molecule has 7 heterocycles. The van der Waals surface area contributed by atoms with Crippen LogP contribution in [0.5, 0.6) is 11.5 Å². The van der Waals surface area contributed by atoms with Gasteiger partial charge in [-0.15, -0.1) is 82.6 Å². The minimum absolute atomic E-state index is 0. The van der Waals surface area contributed by atoms with Crippen molar-refractivity contribution in [1.82, 2.24) is 24.9 Å². The van der Waals surface area contributed by atoms with E-state index in [1.165, 1.54) is 40.0 Å². The molecular formula is C74H67IrN5O13Pt2S2-4. The standard InChI is InChI=1S/C14H11NO3.2C11H8N.2C10H14O5.2C9H6NS.Ir.2Pt/c1-2-10-3-5-11(6-4-10)18-12-7-8-13(14(16)17)15-9-12;2*1-2-6-10(7-3-1)11-8-4-5-9-12-11;2*1-7(2)10(13)15-5-4-14-9(12)6-8(3)11;2*1-2-6-10-8(4-1)9-5-3-7-11-9;;;/h2-9H,1H2,(H,16,17);2*1-6,8-9H;2*6,11H,1,4-5H2,2-3H3;2*1-4,6-7H;;;/q;2*-1;;;2*-1;;;. The first-order chi connectivity index (χ1) is 45.4. The number of aliphatic hydroxyl groups excluding tert-OH is 2. The molecule has 1 radical (unpaired) electrons. The van der Waals surface area contributed by atoms with Crippen LogP contribution < -0.4 is 4.74 Å². The topological polar surface area (TPSA) is 257 Å². The molecular weight excluding hydrogens is 1810 g/mol. The van der Waals surface area contributed by atoms with Gasteiger partial charge in [-0.3, -0.25) is 0 Å². The summed E-state index contributed by atoms with van der Waals surface area (Å²) in [5.41, 5.74) is 7.59. The second kappa shape index (κ2) is 50.7. The average Bonchev–Trinajstić information content (AvgIpc) is 1.94. The van der Waals surface area contributed by atoms with Crippen LogP contribution in [0.15, 0.2) is 266 Å². The van der Waals surface area contributed by atoms with Crippen molar-refractivity contribution in [3.05, 3.63) is 302 Å². The van der Waals surface area contributed by atoms with Gasteiger partial charge in [0.2, 0.25) is 0 Å². The van der Waals surface area contributed by atoms with Crippen LogP contribution in [-0.2, 0) is 100 Å². The van der Waals surface area contributed by atoms with E-state index in [2.05, 4.69) is 87.9 Å². The number of carbonyl (C=O) groups is 5. The first-order valence-corrected chi connectivity index (χ1v) is 30.0. The molecule has 0 aliphatic carbocycles. The van der Waals surface area contributed by atoms with Gasteiger partial charge in [-0.2, -0.15) is 24.3 Å². The van der Waals surface area contributed by atoms with E-state index < -0.39 is 29.8 Å². The summed E-state index contributed by atoms with van der Waals surface area (Å²) >= 11 is 3.32. The van der Waals surface area contributed by atoms with Gasteiger partial charge in [0.15, 0.2) is 0 Å². The van der Waals surface area contributed by atoms with Crippen LogP contribution in [0.4, 0.5) is 0 Å². The third-order valence-electron chi connectivity index (χ3n) is 10.8. The quantitative estimate of drug-likeness (QED) is 0.0180. The molecule has 0 aliphatic heterocycles. The average molecular weight is 1880 g/mol. The van der Waals surface area contributed by atoms with Crippen molar-refractivity contribution in [2.24, 2.45) is 0 Å². The molecule has 0 fully saturated rings. The van der Waals surface area contributed by atoms with Gasteiger partial charge in [-0.25, -0.2) is 51.6 Å². The number of hydrogen-bond acceptors (Lipinski definition) is 19. The van der Waals surface area contributed by atoms with Crippen LogP contribution in [0.25, 0.3) is 49.7 Å². The summed E-state index contributed by atoms with van der Waals surface area (Å²) in [6, 6.07) is 65.8. The van der Waals surface area contributed by atoms with Crippen molar-refractivity contribution in [2.75, 3.05) is 26.4 Å². The fraction of sp³-hybridized carbons (Fsp3) is 0.108. The number of hydrogen-bond donors (Lipinski definition) is 3. The largest absolute Gasteiger partial charge is 0.512 e. The minimum Gasteiger partial charge on any atom is -0.512 e. The van der Waals surface area contributed by atoms with Crippen molar-refractivity contribution in [3.63, 3.8) is 0 Å². The first-order valence-electron chi connectivity index (χ1n) is 28.2. The fourth-order valence-corrected chi connectivity index (χ4v) is 7.80. The van der Waals surface area contributed by atoms with Crippen LogP contribution in [0.3, 0.4) is 0 Å². The molecule has 0 atom stereocenters. The maximum absolute atomic E-state index is 10.9. The molecule has 3 aromatic carbocycles. The molecule has 0 unspecified atom stereocenters. The third kappa shape index (κ3) is 37.2. The van der Waals surface area contributed by atoms with Crippen molar-refractivity contribution in [1.29, 1.82) is 0 Å². The van der Waals surface area contributed by atoms with Gasteiger partial charge in [-0.05, 0) is 105 Å². The van der Waals surface area contributed by atoms with Gasteiger partial charge in [0.25, 0.3) is 0 Å². The summed E-state index contributed by atoms with van der Waals surface area (Å²) in [7, 11) is 0. The molecule has 0 aliphatic rings. The van der Waals surface area contributed by atoms with Gasteiger partial charge in [0.1, 0.15) is 43.6 Å². The van der Waals surface area contributed by atoms with E-state index in [4.69, 9.17) is 20.1 Å². The zero-order valence-corrected chi connectivity index (χ0v) is 61.4. The summed E-state index contributed by atoms with van der Waals surface area (Å²) in [5, 5.41) is 30.1. The van der Waals surface area contributed by atoms with Gasteiger partial charge in [0.05, 0.1) is 29.9 Å². The minimum atomic E-state index is -1.06. The summed E-state index contributed by atoms with van der Waals surface area (Å²) in [6.45, 7) is 16.0. The molecule has 23 heteroatoms. The Morgan fingerprint density at radius 3 is 1.14 bits per heavy atom. The third-order valence-corrected chi connectivity index (χ3v) is 12.5. The summed E-state index contributed by atoms with van der Waals surface area (Å²) < 4.78 is 24.0. The Balaban J connectivity index is 0.000000566. The van der Waals surface area contributed by atoms with Crippen LogP contribution in [-0.4, -0.2) is 96.5 Å². The van der Waals surface area contributed by atoms with E-state index >= 15 is 0 Å². The summed E-state index contributed by atoms with van der Waals surface area (Å²) in [6.07, 6.45) is 12.1. The zero-order valence-electron chi connectivity index (χ0n) is 52.8. The van der Waals surface area contributed by atoms with Gasteiger partial charge >= 0.3 is 29.8 Å². The van der Waals surface area contributed by atoms with E-state index in [1.807, 2.05) is 168 Å². The maximum atomic E-state index is 10.9. The van der Waals surface area contributed by atoms with Crippen molar-refractivity contribution < 1.29 is 125 Å². The molecule has 10 aromatic rings. The number of allylic oxidation sites excluding steroid dienone is 2. The smallest absolute Gasteiger partial charge is 0.354 e. The maximum Gasteiger partial charge on any atom is 0.354 e. The fourth-order valence-electron chi connectivity index (χ4n) is 6.50. The zero-order chi connectivity index (χ0) is 68.1. The molecule has 18 nitrogen and oxygen atoms in total. The number of pyridine rings is 5. The molecule has 7 aromatic heterocycles. The summed E-state index contributed by atoms with van der Waals surface area (Å²) in [4.78, 5) is 76.8. The Morgan fingerprint density at radius 1 is 0.464 bits per heavy atom. The van der Waals surface area contributed by atoms with Crippen molar-refractivity contribution in [2.45, 2.75) is 27.7 Å². The number of aromatic nitrogens is 5. The number of benzene rings is 3. The normalized spacial score (nSPS) is 9.73. The second-order valence-electron chi connectivity index (χ2n) is 18.5. The number of carboxylic acid groups (broad SMARTS) is 1. The Morgan fingerprint density at radius 2 is 0.845 bits per heavy atom. The van der Waals surface area contributed by atoms with E-state index in [9.17, 15) is 24.0 Å². The van der Waals surface area contributed by atoms with E-state index in [0.29, 0.717) is 11.5 Å². The van der Waals surface area contributed by atoms with E-state index in [-0.39, 0.29) is 117 Å². The first kappa shape index (κ1) is 85.3. The van der Waals surface area contributed by atoms with Crippen molar-refractivity contribution >= 4 is 58.6 Å². The Bertz CT molecular complexity index is 3640. The van der Waals surface area contributed by atoms with Gasteiger partial charge in [-0.1, -0.05) is 96.2 Å². The molecule has 0 saturated carbocycles. The number of ether oxygens (including phenoxy) is 5. The predicted octanol–water partition coefficient (Wildman–Crippen LogP) is 15.7. The van der Waals surface area contributed by atoms with Crippen LogP contribution in [0.2, 0.25) is 0 Å². The number of aromatic carboxylic acids is 1. The molecule has 0 amide bonds. The second-order valence-corrected chi connectivity index (χ2v) is 20.3. The Hall–Kier alpha value is -9.71. The number of carboxylic acids is 1. The molecule has 97 heavy (non-hydrogen) atoms. The van der Waals surface area contributed by atoms with E-state index in [0.717, 1.165) is 61.4 Å². The number of rotatable bonds is 18. The molecule has 0 saturated heterocycles. The molecule has 0 bridgehead atoms. The Kier molecular flexibility index (Phi) is 44.6.